The minimum Gasteiger partial charge on any atom is -0.369 e. The number of nitrogens with zero attached hydrogens (tertiary/aromatic N) is 2. The smallest absolute Gasteiger partial charge is 0.241 e. The summed E-state index contributed by atoms with van der Waals surface area (Å²) in [6, 6.07) is 14.9. The van der Waals surface area contributed by atoms with Crippen LogP contribution in [0.5, 0.6) is 0 Å². The number of amides is 1. The van der Waals surface area contributed by atoms with E-state index in [9.17, 15) is 4.79 Å². The number of carbonyl (C=O) groups excluding carboxylic acids is 1. The van der Waals surface area contributed by atoms with E-state index >= 15 is 0 Å². The Morgan fingerprint density at radius 3 is 2.32 bits per heavy atom. The summed E-state index contributed by atoms with van der Waals surface area (Å²) in [5.74, 6) is -0.00136. The van der Waals surface area contributed by atoms with Gasteiger partial charge in [0, 0.05) is 47.6 Å². The van der Waals surface area contributed by atoms with Crippen LogP contribution in [-0.2, 0) is 4.79 Å². The van der Waals surface area contributed by atoms with E-state index in [-0.39, 0.29) is 11.9 Å². The maximum atomic E-state index is 12.5. The highest BCUT2D eigenvalue weighted by Gasteiger charge is 2.25. The molecule has 0 bridgehead atoms. The van der Waals surface area contributed by atoms with Crippen molar-refractivity contribution in [2.24, 2.45) is 0 Å². The molecular formula is C19H21Cl2N3O. The molecule has 0 aromatic heterocycles. The van der Waals surface area contributed by atoms with E-state index in [2.05, 4.69) is 21.2 Å². The Kier molecular flexibility index (Phi) is 5.84. The first-order valence-electron chi connectivity index (χ1n) is 8.34. The van der Waals surface area contributed by atoms with Crippen molar-refractivity contribution in [1.29, 1.82) is 0 Å². The molecule has 1 aliphatic rings. The second-order valence-corrected chi connectivity index (χ2v) is 7.05. The zero-order valence-electron chi connectivity index (χ0n) is 14.1. The van der Waals surface area contributed by atoms with Crippen LogP contribution in [0.2, 0.25) is 10.0 Å². The third kappa shape index (κ3) is 4.66. The van der Waals surface area contributed by atoms with Gasteiger partial charge < -0.3 is 10.2 Å². The van der Waals surface area contributed by atoms with E-state index in [4.69, 9.17) is 23.2 Å². The van der Waals surface area contributed by atoms with Crippen LogP contribution in [0, 0.1) is 0 Å². The third-order valence-electron chi connectivity index (χ3n) is 4.53. The standard InChI is InChI=1S/C19H21Cl2N3O/c1-14(19(25)22-17-7-5-15(20)6-8-17)23-9-11-24(12-10-23)18-4-2-3-16(21)13-18/h2-8,13-14H,9-12H2,1H3,(H,22,25)/t14-/m1/s1. The van der Waals surface area contributed by atoms with E-state index in [0.29, 0.717) is 5.02 Å². The summed E-state index contributed by atoms with van der Waals surface area (Å²) in [5.41, 5.74) is 1.89. The zero-order valence-corrected chi connectivity index (χ0v) is 15.6. The SMILES string of the molecule is C[C@H](C(=O)Nc1ccc(Cl)cc1)N1CCN(c2cccc(Cl)c2)CC1. The van der Waals surface area contributed by atoms with Gasteiger partial charge in [-0.3, -0.25) is 9.69 Å². The van der Waals surface area contributed by atoms with Crippen molar-refractivity contribution < 1.29 is 4.79 Å². The third-order valence-corrected chi connectivity index (χ3v) is 5.01. The lowest BCUT2D eigenvalue weighted by molar-refractivity contribution is -0.120. The minimum atomic E-state index is -0.183. The van der Waals surface area contributed by atoms with E-state index < -0.39 is 0 Å². The average Bonchev–Trinajstić information content (AvgIpc) is 2.63. The lowest BCUT2D eigenvalue weighted by Gasteiger charge is -2.38. The first-order valence-corrected chi connectivity index (χ1v) is 9.09. The molecule has 1 amide bonds. The van der Waals surface area contributed by atoms with Gasteiger partial charge in [0.15, 0.2) is 0 Å². The summed E-state index contributed by atoms with van der Waals surface area (Å²) in [7, 11) is 0. The van der Waals surface area contributed by atoms with Crippen molar-refractivity contribution in [3.8, 4) is 0 Å². The summed E-state index contributed by atoms with van der Waals surface area (Å²) in [5, 5.41) is 4.35. The highest BCUT2D eigenvalue weighted by molar-refractivity contribution is 6.31. The van der Waals surface area contributed by atoms with Gasteiger partial charge in [-0.25, -0.2) is 0 Å². The molecule has 1 saturated heterocycles. The molecule has 1 N–H and O–H groups in total. The van der Waals surface area contributed by atoms with E-state index in [0.717, 1.165) is 42.6 Å². The second kappa shape index (κ2) is 8.09. The van der Waals surface area contributed by atoms with Gasteiger partial charge in [0.1, 0.15) is 0 Å². The number of rotatable bonds is 4. The Morgan fingerprint density at radius 2 is 1.68 bits per heavy atom. The van der Waals surface area contributed by atoms with Gasteiger partial charge in [0.05, 0.1) is 6.04 Å². The van der Waals surface area contributed by atoms with Gasteiger partial charge in [0.25, 0.3) is 0 Å². The van der Waals surface area contributed by atoms with Crippen molar-refractivity contribution in [2.75, 3.05) is 36.4 Å². The molecule has 132 valence electrons. The van der Waals surface area contributed by atoms with Gasteiger partial charge in [-0.2, -0.15) is 0 Å². The number of hydrogen-bond acceptors (Lipinski definition) is 3. The summed E-state index contributed by atoms with van der Waals surface area (Å²) >= 11 is 11.9. The van der Waals surface area contributed by atoms with Gasteiger partial charge in [-0.15, -0.1) is 0 Å². The predicted octanol–water partition coefficient (Wildman–Crippen LogP) is 4.14. The zero-order chi connectivity index (χ0) is 17.8. The van der Waals surface area contributed by atoms with Crippen molar-refractivity contribution in [1.82, 2.24) is 4.90 Å². The Balaban J connectivity index is 1.54. The molecule has 0 saturated carbocycles. The monoisotopic (exact) mass is 377 g/mol. The maximum absolute atomic E-state index is 12.5. The van der Waals surface area contributed by atoms with Crippen LogP contribution >= 0.6 is 23.2 Å². The molecule has 25 heavy (non-hydrogen) atoms. The number of piperazine rings is 1. The summed E-state index contributed by atoms with van der Waals surface area (Å²) < 4.78 is 0. The lowest BCUT2D eigenvalue weighted by Crippen LogP contribution is -2.52. The highest BCUT2D eigenvalue weighted by atomic mass is 35.5. The van der Waals surface area contributed by atoms with E-state index in [1.54, 1.807) is 12.1 Å². The summed E-state index contributed by atoms with van der Waals surface area (Å²) in [6.45, 7) is 5.36. The molecule has 1 fully saturated rings. The normalized spacial score (nSPS) is 16.5. The van der Waals surface area contributed by atoms with Crippen LogP contribution in [0.3, 0.4) is 0 Å². The van der Waals surface area contributed by atoms with Crippen LogP contribution < -0.4 is 10.2 Å². The largest absolute Gasteiger partial charge is 0.369 e. The Morgan fingerprint density at radius 1 is 1.00 bits per heavy atom. The molecule has 3 rings (SSSR count). The van der Waals surface area contributed by atoms with Crippen molar-refractivity contribution >= 4 is 40.5 Å². The molecule has 2 aromatic carbocycles. The van der Waals surface area contributed by atoms with E-state index in [1.807, 2.05) is 37.3 Å². The van der Waals surface area contributed by atoms with Crippen molar-refractivity contribution in [3.05, 3.63) is 58.6 Å². The Hall–Kier alpha value is -1.75. The molecule has 1 atom stereocenters. The molecule has 1 aliphatic heterocycles. The molecule has 0 radical (unpaired) electrons. The van der Waals surface area contributed by atoms with Crippen LogP contribution in [0.15, 0.2) is 48.5 Å². The van der Waals surface area contributed by atoms with Crippen molar-refractivity contribution in [3.63, 3.8) is 0 Å². The Bertz CT molecular complexity index is 728. The fourth-order valence-corrected chi connectivity index (χ4v) is 3.30. The Labute approximate surface area is 158 Å². The van der Waals surface area contributed by atoms with Crippen LogP contribution in [0.25, 0.3) is 0 Å². The number of nitrogens with one attached hydrogen (secondary N) is 1. The van der Waals surface area contributed by atoms with E-state index in [1.165, 1.54) is 0 Å². The minimum absolute atomic E-state index is 0.00136. The van der Waals surface area contributed by atoms with Crippen molar-refractivity contribution in [2.45, 2.75) is 13.0 Å². The van der Waals surface area contributed by atoms with Crippen LogP contribution in [-0.4, -0.2) is 43.0 Å². The highest BCUT2D eigenvalue weighted by Crippen LogP contribution is 2.21. The fourth-order valence-electron chi connectivity index (χ4n) is 2.99. The lowest BCUT2D eigenvalue weighted by atomic mass is 10.2. The van der Waals surface area contributed by atoms with Crippen LogP contribution in [0.1, 0.15) is 6.92 Å². The van der Waals surface area contributed by atoms with Gasteiger partial charge in [-0.05, 0) is 49.4 Å². The molecule has 1 heterocycles. The van der Waals surface area contributed by atoms with Gasteiger partial charge >= 0.3 is 0 Å². The number of halogens is 2. The van der Waals surface area contributed by atoms with Gasteiger partial charge in [-0.1, -0.05) is 29.3 Å². The summed E-state index contributed by atoms with van der Waals surface area (Å²) in [4.78, 5) is 17.0. The number of carbonyl (C=O) groups is 1. The first-order chi connectivity index (χ1) is 12.0. The van der Waals surface area contributed by atoms with Crippen LogP contribution in [0.4, 0.5) is 11.4 Å². The molecule has 0 unspecified atom stereocenters. The predicted molar refractivity (Wildman–Crippen MR) is 105 cm³/mol. The second-order valence-electron chi connectivity index (χ2n) is 6.18. The molecule has 2 aromatic rings. The fraction of sp³-hybridized carbons (Fsp3) is 0.316. The number of anilines is 2. The molecular weight excluding hydrogens is 357 g/mol. The number of benzene rings is 2. The molecule has 0 spiro atoms. The molecule has 4 nitrogen and oxygen atoms in total. The summed E-state index contributed by atoms with van der Waals surface area (Å²) in [6.07, 6.45) is 0. The number of hydrogen-bond donors (Lipinski definition) is 1. The topological polar surface area (TPSA) is 35.6 Å². The molecule has 0 aliphatic carbocycles. The maximum Gasteiger partial charge on any atom is 0.241 e. The average molecular weight is 378 g/mol. The first kappa shape index (κ1) is 18.1. The molecule has 6 heteroatoms. The quantitative estimate of drug-likeness (QED) is 0.869. The van der Waals surface area contributed by atoms with Gasteiger partial charge in [0.2, 0.25) is 5.91 Å².